The van der Waals surface area contributed by atoms with Gasteiger partial charge in [0.1, 0.15) is 0 Å². The van der Waals surface area contributed by atoms with Crippen molar-refractivity contribution in [2.45, 2.75) is 32.4 Å². The van der Waals surface area contributed by atoms with E-state index in [4.69, 9.17) is 4.74 Å². The van der Waals surface area contributed by atoms with Crippen LogP contribution in [0.15, 0.2) is 0 Å². The molecule has 0 amide bonds. The summed E-state index contributed by atoms with van der Waals surface area (Å²) in [5, 5.41) is 4.13. The predicted octanol–water partition coefficient (Wildman–Crippen LogP) is 0.664. The third-order valence-electron chi connectivity index (χ3n) is 1.49. The van der Waals surface area contributed by atoms with Gasteiger partial charge in [0.2, 0.25) is 0 Å². The van der Waals surface area contributed by atoms with E-state index in [0.717, 1.165) is 25.8 Å². The Morgan fingerprint density at radius 2 is 2.40 bits per heavy atom. The van der Waals surface area contributed by atoms with E-state index in [9.17, 15) is 4.79 Å². The van der Waals surface area contributed by atoms with Crippen LogP contribution in [-0.2, 0) is 9.53 Å². The second kappa shape index (κ2) is 3.56. The Kier molecular flexibility index (Phi) is 2.68. The van der Waals surface area contributed by atoms with Gasteiger partial charge in [0.15, 0.2) is 6.23 Å². The number of carbonyl (C=O) groups is 1. The fraction of sp³-hybridized carbons (Fsp3) is 0.857. The Balaban J connectivity index is 2.19. The van der Waals surface area contributed by atoms with Gasteiger partial charge in [-0.3, -0.25) is 4.79 Å². The minimum absolute atomic E-state index is 0.147. The van der Waals surface area contributed by atoms with Gasteiger partial charge in [0.05, 0.1) is 0 Å². The number of hydrogen-bond acceptors (Lipinski definition) is 2. The maximum atomic E-state index is 10.4. The second-order valence-corrected chi connectivity index (χ2v) is 2.47. The van der Waals surface area contributed by atoms with E-state index in [1.807, 2.05) is 0 Å². The van der Waals surface area contributed by atoms with Crippen LogP contribution < -0.4 is 5.32 Å². The van der Waals surface area contributed by atoms with E-state index in [1.165, 1.54) is 6.92 Å². The Labute approximate surface area is 60.7 Å². The van der Waals surface area contributed by atoms with Crippen LogP contribution >= 0.6 is 0 Å². The van der Waals surface area contributed by atoms with Gasteiger partial charge < -0.3 is 4.74 Å². The van der Waals surface area contributed by atoms with Crippen LogP contribution in [0.1, 0.15) is 26.2 Å². The highest BCUT2D eigenvalue weighted by Crippen LogP contribution is 2.09. The van der Waals surface area contributed by atoms with Crippen molar-refractivity contribution < 1.29 is 9.53 Å². The minimum atomic E-state index is -0.226. The summed E-state index contributed by atoms with van der Waals surface area (Å²) < 4.78 is 4.89. The summed E-state index contributed by atoms with van der Waals surface area (Å²) in [6, 6.07) is 0. The van der Waals surface area contributed by atoms with Crippen molar-refractivity contribution in [2.24, 2.45) is 0 Å². The molecule has 10 heavy (non-hydrogen) atoms. The first kappa shape index (κ1) is 7.54. The normalized spacial score (nSPS) is 25.9. The lowest BCUT2D eigenvalue weighted by atomic mass is 10.1. The maximum absolute atomic E-state index is 10.4. The van der Waals surface area contributed by atoms with E-state index in [-0.39, 0.29) is 12.2 Å². The molecule has 0 aromatic carbocycles. The summed E-state index contributed by atoms with van der Waals surface area (Å²) in [4.78, 5) is 10.4. The van der Waals surface area contributed by atoms with Crippen molar-refractivity contribution in [3.8, 4) is 0 Å². The summed E-state index contributed by atoms with van der Waals surface area (Å²) >= 11 is 0. The monoisotopic (exact) mass is 142 g/mol. The first-order chi connectivity index (χ1) is 4.79. The molecule has 1 aliphatic heterocycles. The molecule has 0 aliphatic carbocycles. The highest BCUT2D eigenvalue weighted by Gasteiger charge is 2.15. The number of piperidine rings is 1. The van der Waals surface area contributed by atoms with Crippen LogP contribution in [0.25, 0.3) is 0 Å². The van der Waals surface area contributed by atoms with Crippen LogP contribution in [0.5, 0.6) is 0 Å². The molecule has 0 bridgehead atoms. The molecule has 1 radical (unpaired) electrons. The molecule has 0 N–H and O–H groups in total. The van der Waals surface area contributed by atoms with Crippen molar-refractivity contribution in [3.05, 3.63) is 0 Å². The van der Waals surface area contributed by atoms with Crippen molar-refractivity contribution in [1.29, 1.82) is 0 Å². The molecular formula is C7H12NO2. The number of hydrogen-bond donors (Lipinski definition) is 0. The molecule has 1 rings (SSSR count). The lowest BCUT2D eigenvalue weighted by molar-refractivity contribution is -0.149. The van der Waals surface area contributed by atoms with Gasteiger partial charge in [0.25, 0.3) is 0 Å². The van der Waals surface area contributed by atoms with Crippen molar-refractivity contribution in [1.82, 2.24) is 5.32 Å². The fourth-order valence-corrected chi connectivity index (χ4v) is 1.05. The van der Waals surface area contributed by atoms with Crippen LogP contribution in [0.4, 0.5) is 0 Å². The first-order valence-electron chi connectivity index (χ1n) is 3.63. The van der Waals surface area contributed by atoms with E-state index in [2.05, 4.69) is 5.32 Å². The second-order valence-electron chi connectivity index (χ2n) is 2.47. The van der Waals surface area contributed by atoms with Crippen molar-refractivity contribution in [2.75, 3.05) is 6.54 Å². The largest absolute Gasteiger partial charge is 0.445 e. The summed E-state index contributed by atoms with van der Waals surface area (Å²) in [5.74, 6) is -0.226. The highest BCUT2D eigenvalue weighted by atomic mass is 16.6. The molecule has 1 atom stereocenters. The van der Waals surface area contributed by atoms with Crippen molar-refractivity contribution >= 4 is 5.97 Å². The Morgan fingerprint density at radius 3 is 2.90 bits per heavy atom. The van der Waals surface area contributed by atoms with Gasteiger partial charge in [-0.15, -0.1) is 0 Å². The maximum Gasteiger partial charge on any atom is 0.304 e. The molecule has 1 unspecified atom stereocenters. The third kappa shape index (κ3) is 2.35. The summed E-state index contributed by atoms with van der Waals surface area (Å²) in [6.07, 6.45) is 3.02. The van der Waals surface area contributed by atoms with E-state index in [0.29, 0.717) is 0 Å². The van der Waals surface area contributed by atoms with E-state index < -0.39 is 0 Å². The Bertz CT molecular complexity index is 119. The van der Waals surface area contributed by atoms with Gasteiger partial charge in [0, 0.05) is 13.5 Å². The van der Waals surface area contributed by atoms with Gasteiger partial charge in [-0.1, -0.05) is 0 Å². The SMILES string of the molecule is CC(=O)OC1CCCC[N]1. The molecule has 1 aliphatic rings. The molecule has 1 saturated heterocycles. The van der Waals surface area contributed by atoms with Crippen LogP contribution in [-0.4, -0.2) is 18.7 Å². The molecule has 1 fully saturated rings. The van der Waals surface area contributed by atoms with Crippen LogP contribution in [0.3, 0.4) is 0 Å². The molecule has 0 saturated carbocycles. The quantitative estimate of drug-likeness (QED) is 0.505. The lowest BCUT2D eigenvalue weighted by Gasteiger charge is -2.20. The highest BCUT2D eigenvalue weighted by molar-refractivity contribution is 5.66. The lowest BCUT2D eigenvalue weighted by Crippen LogP contribution is -2.31. The number of nitrogens with zero attached hydrogens (tertiary/aromatic N) is 1. The molecule has 1 heterocycles. The molecule has 0 aromatic heterocycles. The molecule has 3 nitrogen and oxygen atoms in total. The number of carbonyl (C=O) groups excluding carboxylic acids is 1. The van der Waals surface area contributed by atoms with Crippen LogP contribution in [0.2, 0.25) is 0 Å². The summed E-state index contributed by atoms with van der Waals surface area (Å²) in [7, 11) is 0. The smallest absolute Gasteiger partial charge is 0.304 e. The van der Waals surface area contributed by atoms with Gasteiger partial charge in [-0.25, -0.2) is 5.32 Å². The number of ether oxygens (including phenoxy) is 1. The first-order valence-corrected chi connectivity index (χ1v) is 3.63. The minimum Gasteiger partial charge on any atom is -0.445 e. The average Bonchev–Trinajstić information content (AvgIpc) is 1.88. The Hall–Kier alpha value is -0.570. The molecule has 0 spiro atoms. The van der Waals surface area contributed by atoms with Gasteiger partial charge in [-0.2, -0.15) is 0 Å². The summed E-state index contributed by atoms with van der Waals surface area (Å²) in [6.45, 7) is 2.27. The molecule has 3 heteroatoms. The van der Waals surface area contributed by atoms with Crippen LogP contribution in [0, 0.1) is 0 Å². The molecule has 0 aromatic rings. The van der Waals surface area contributed by atoms with E-state index >= 15 is 0 Å². The summed E-state index contributed by atoms with van der Waals surface area (Å²) in [5.41, 5.74) is 0. The van der Waals surface area contributed by atoms with E-state index in [1.54, 1.807) is 0 Å². The van der Waals surface area contributed by atoms with Gasteiger partial charge >= 0.3 is 5.97 Å². The zero-order chi connectivity index (χ0) is 7.40. The predicted molar refractivity (Wildman–Crippen MR) is 36.4 cm³/mol. The topological polar surface area (TPSA) is 40.4 Å². The number of esters is 1. The molecular weight excluding hydrogens is 130 g/mol. The number of rotatable bonds is 1. The average molecular weight is 142 g/mol. The third-order valence-corrected chi connectivity index (χ3v) is 1.49. The van der Waals surface area contributed by atoms with Crippen molar-refractivity contribution in [3.63, 3.8) is 0 Å². The molecule has 57 valence electrons. The zero-order valence-electron chi connectivity index (χ0n) is 6.17. The standard InChI is InChI=1S/C7H12NO2/c1-6(9)10-7-4-2-3-5-8-7/h7H,2-5H2,1H3. The zero-order valence-corrected chi connectivity index (χ0v) is 6.17. The van der Waals surface area contributed by atoms with Gasteiger partial charge in [-0.05, 0) is 19.3 Å². The Morgan fingerprint density at radius 1 is 1.60 bits per heavy atom. The fourth-order valence-electron chi connectivity index (χ4n) is 1.05.